The lowest BCUT2D eigenvalue weighted by Crippen LogP contribution is -2.50. The Morgan fingerprint density at radius 2 is 2.00 bits per heavy atom. The number of nitrogens with one attached hydrogen (secondary N) is 1. The number of carbonyl (C=O) groups excluding carboxylic acids is 1. The first kappa shape index (κ1) is 18.0. The number of nitrogens with zero attached hydrogens (tertiary/aromatic N) is 1. The van der Waals surface area contributed by atoms with Gasteiger partial charge in [-0.1, -0.05) is 11.6 Å². The van der Waals surface area contributed by atoms with E-state index in [1.165, 1.54) is 0 Å². The van der Waals surface area contributed by atoms with Gasteiger partial charge in [0.2, 0.25) is 0 Å². The minimum absolute atomic E-state index is 0.0216. The maximum absolute atomic E-state index is 12.7. The Labute approximate surface area is 137 Å². The molecule has 1 aromatic rings. The lowest BCUT2D eigenvalue weighted by atomic mass is 9.91. The molecule has 2 rings (SSSR count). The molecule has 1 fully saturated rings. The van der Waals surface area contributed by atoms with E-state index < -0.39 is 23.2 Å². The molecule has 128 valence electrons. The summed E-state index contributed by atoms with van der Waals surface area (Å²) in [7, 11) is 1.93. The molecule has 0 aromatic heterocycles. The highest BCUT2D eigenvalue weighted by atomic mass is 35.5. The van der Waals surface area contributed by atoms with E-state index in [9.17, 15) is 23.1 Å². The number of amides is 1. The van der Waals surface area contributed by atoms with E-state index in [0.29, 0.717) is 25.9 Å². The van der Waals surface area contributed by atoms with Gasteiger partial charge in [0.25, 0.3) is 5.91 Å². The van der Waals surface area contributed by atoms with Gasteiger partial charge in [0.1, 0.15) is 0 Å². The molecule has 1 heterocycles. The highest BCUT2D eigenvalue weighted by molar-refractivity contribution is 6.33. The molecule has 4 nitrogen and oxygen atoms in total. The fourth-order valence-corrected chi connectivity index (χ4v) is 2.63. The van der Waals surface area contributed by atoms with E-state index in [2.05, 4.69) is 10.2 Å². The zero-order valence-corrected chi connectivity index (χ0v) is 13.3. The molecule has 0 atom stereocenters. The van der Waals surface area contributed by atoms with Gasteiger partial charge in [0.05, 0.1) is 21.8 Å². The van der Waals surface area contributed by atoms with Crippen LogP contribution in [0.4, 0.5) is 13.2 Å². The lowest BCUT2D eigenvalue weighted by Gasteiger charge is -2.36. The number of aliphatic hydroxyl groups is 1. The summed E-state index contributed by atoms with van der Waals surface area (Å²) in [6.07, 6.45) is -3.58. The van der Waals surface area contributed by atoms with E-state index in [1.54, 1.807) is 0 Å². The van der Waals surface area contributed by atoms with Crippen molar-refractivity contribution in [2.45, 2.75) is 24.6 Å². The van der Waals surface area contributed by atoms with Crippen LogP contribution in [0.15, 0.2) is 18.2 Å². The molecular weight excluding hydrogens is 333 g/mol. The smallest absolute Gasteiger partial charge is 0.388 e. The molecule has 0 saturated carbocycles. The Morgan fingerprint density at radius 1 is 1.39 bits per heavy atom. The highest BCUT2D eigenvalue weighted by Crippen LogP contribution is 2.31. The van der Waals surface area contributed by atoms with Crippen molar-refractivity contribution in [3.8, 4) is 0 Å². The molecular formula is C15H18ClF3N2O2. The summed E-state index contributed by atoms with van der Waals surface area (Å²) >= 11 is 5.82. The molecule has 23 heavy (non-hydrogen) atoms. The first-order chi connectivity index (χ1) is 10.6. The Bertz CT molecular complexity index is 585. The molecule has 1 saturated heterocycles. The van der Waals surface area contributed by atoms with Crippen LogP contribution in [-0.4, -0.2) is 48.2 Å². The number of benzene rings is 1. The quantitative estimate of drug-likeness (QED) is 0.881. The van der Waals surface area contributed by atoms with E-state index in [0.717, 1.165) is 18.2 Å². The van der Waals surface area contributed by atoms with E-state index in [-0.39, 0.29) is 17.1 Å². The van der Waals surface area contributed by atoms with Crippen molar-refractivity contribution in [3.63, 3.8) is 0 Å². The molecule has 1 amide bonds. The summed E-state index contributed by atoms with van der Waals surface area (Å²) < 4.78 is 38.2. The minimum Gasteiger partial charge on any atom is -0.388 e. The van der Waals surface area contributed by atoms with E-state index >= 15 is 0 Å². The van der Waals surface area contributed by atoms with Crippen LogP contribution in [0.3, 0.4) is 0 Å². The molecule has 0 unspecified atom stereocenters. The average Bonchev–Trinajstić information content (AvgIpc) is 2.47. The normalized spacial score (nSPS) is 18.7. The van der Waals surface area contributed by atoms with Crippen LogP contribution in [-0.2, 0) is 6.18 Å². The number of piperidine rings is 1. The Balaban J connectivity index is 2.06. The van der Waals surface area contributed by atoms with Gasteiger partial charge in [0, 0.05) is 19.6 Å². The van der Waals surface area contributed by atoms with E-state index in [1.807, 2.05) is 7.05 Å². The van der Waals surface area contributed by atoms with Crippen molar-refractivity contribution in [2.24, 2.45) is 0 Å². The molecule has 0 bridgehead atoms. The summed E-state index contributed by atoms with van der Waals surface area (Å²) in [5, 5.41) is 12.8. The van der Waals surface area contributed by atoms with E-state index in [4.69, 9.17) is 11.6 Å². The minimum atomic E-state index is -4.55. The van der Waals surface area contributed by atoms with Gasteiger partial charge in [-0.05, 0) is 38.1 Å². The number of carbonyl (C=O) groups is 1. The number of halogens is 4. The zero-order valence-electron chi connectivity index (χ0n) is 12.6. The van der Waals surface area contributed by atoms with Gasteiger partial charge in [0.15, 0.2) is 0 Å². The number of alkyl halides is 3. The fraction of sp³-hybridized carbons (Fsp3) is 0.533. The molecule has 0 spiro atoms. The van der Waals surface area contributed by atoms with Crippen LogP contribution >= 0.6 is 11.6 Å². The molecule has 1 aliphatic heterocycles. The van der Waals surface area contributed by atoms with Gasteiger partial charge < -0.3 is 15.3 Å². The second-order valence-electron chi connectivity index (χ2n) is 5.90. The van der Waals surface area contributed by atoms with Crippen LogP contribution in [0, 0.1) is 0 Å². The van der Waals surface area contributed by atoms with Gasteiger partial charge in [-0.3, -0.25) is 4.79 Å². The SMILES string of the molecule is CN1CCC(O)(CNC(=O)c2cc(C(F)(F)F)ccc2Cl)CC1. The van der Waals surface area contributed by atoms with Crippen molar-refractivity contribution in [1.29, 1.82) is 0 Å². The monoisotopic (exact) mass is 350 g/mol. The second kappa shape index (κ2) is 6.67. The molecule has 0 aliphatic carbocycles. The van der Waals surface area contributed by atoms with Gasteiger partial charge in [-0.25, -0.2) is 0 Å². The average molecular weight is 351 g/mol. The summed E-state index contributed by atoms with van der Waals surface area (Å²) in [6, 6.07) is 2.59. The van der Waals surface area contributed by atoms with Crippen molar-refractivity contribution >= 4 is 17.5 Å². The molecule has 1 aliphatic rings. The largest absolute Gasteiger partial charge is 0.416 e. The lowest BCUT2D eigenvalue weighted by molar-refractivity contribution is -0.137. The first-order valence-corrected chi connectivity index (χ1v) is 7.54. The number of rotatable bonds is 3. The van der Waals surface area contributed by atoms with Crippen LogP contribution in [0.25, 0.3) is 0 Å². The first-order valence-electron chi connectivity index (χ1n) is 7.17. The van der Waals surface area contributed by atoms with Crippen LogP contribution in [0.2, 0.25) is 5.02 Å². The van der Waals surface area contributed by atoms with Crippen molar-refractivity contribution < 1.29 is 23.1 Å². The van der Waals surface area contributed by atoms with Gasteiger partial charge >= 0.3 is 6.18 Å². The summed E-state index contributed by atoms with van der Waals surface area (Å²) in [4.78, 5) is 14.2. The summed E-state index contributed by atoms with van der Waals surface area (Å²) in [5.74, 6) is -0.728. The predicted octanol–water partition coefficient (Wildman–Crippen LogP) is 2.55. The van der Waals surface area contributed by atoms with Gasteiger partial charge in [-0.15, -0.1) is 0 Å². The molecule has 0 radical (unpaired) electrons. The Kier molecular flexibility index (Phi) is 5.23. The van der Waals surface area contributed by atoms with Crippen LogP contribution in [0.5, 0.6) is 0 Å². The second-order valence-corrected chi connectivity index (χ2v) is 6.31. The fourth-order valence-electron chi connectivity index (χ4n) is 2.43. The molecule has 2 N–H and O–H groups in total. The Morgan fingerprint density at radius 3 is 2.57 bits per heavy atom. The summed E-state index contributed by atoms with van der Waals surface area (Å²) in [5.41, 5.74) is -2.24. The zero-order chi connectivity index (χ0) is 17.3. The third-order valence-electron chi connectivity index (χ3n) is 4.03. The number of hydrogen-bond donors (Lipinski definition) is 2. The predicted molar refractivity (Wildman–Crippen MR) is 80.5 cm³/mol. The number of hydrogen-bond acceptors (Lipinski definition) is 3. The Hall–Kier alpha value is -1.31. The van der Waals surface area contributed by atoms with Gasteiger partial charge in [-0.2, -0.15) is 13.2 Å². The van der Waals surface area contributed by atoms with Crippen LogP contribution < -0.4 is 5.32 Å². The van der Waals surface area contributed by atoms with Crippen molar-refractivity contribution in [3.05, 3.63) is 34.3 Å². The summed E-state index contributed by atoms with van der Waals surface area (Å²) in [6.45, 7) is 1.36. The maximum atomic E-state index is 12.7. The molecule has 8 heteroatoms. The maximum Gasteiger partial charge on any atom is 0.416 e. The van der Waals surface area contributed by atoms with Crippen molar-refractivity contribution in [1.82, 2.24) is 10.2 Å². The highest BCUT2D eigenvalue weighted by Gasteiger charge is 2.33. The van der Waals surface area contributed by atoms with Crippen molar-refractivity contribution in [2.75, 3.05) is 26.7 Å². The third-order valence-corrected chi connectivity index (χ3v) is 4.36. The molecule has 1 aromatic carbocycles. The standard InChI is InChI=1S/C15H18ClF3N2O2/c1-21-6-4-14(23,5-7-21)9-20-13(22)11-8-10(15(17,18)19)2-3-12(11)16/h2-3,8,23H,4-7,9H2,1H3,(H,20,22). The van der Waals surface area contributed by atoms with Crippen LogP contribution in [0.1, 0.15) is 28.8 Å². The third kappa shape index (κ3) is 4.59. The number of likely N-dealkylation sites (tertiary alicyclic amines) is 1. The topological polar surface area (TPSA) is 52.6 Å².